The molecular formula is C13H13BrN4O3. The van der Waals surface area contributed by atoms with Gasteiger partial charge in [0.25, 0.3) is 11.2 Å². The smallest absolute Gasteiger partial charge is 0.286 e. The molecule has 0 aromatic carbocycles. The molecule has 7 nitrogen and oxygen atoms in total. The van der Waals surface area contributed by atoms with Crippen LogP contribution in [-0.2, 0) is 6.54 Å². The first-order valence-electron chi connectivity index (χ1n) is 6.24. The van der Waals surface area contributed by atoms with Gasteiger partial charge in [-0.1, -0.05) is 0 Å². The molecule has 0 fully saturated rings. The summed E-state index contributed by atoms with van der Waals surface area (Å²) in [5, 5.41) is 14.0. The van der Waals surface area contributed by atoms with E-state index in [-0.39, 0.29) is 22.3 Å². The summed E-state index contributed by atoms with van der Waals surface area (Å²) in [5.74, 6) is 0. The minimum Gasteiger partial charge on any atom is -0.385 e. The van der Waals surface area contributed by atoms with Crippen LogP contribution in [-0.4, -0.2) is 21.0 Å². The monoisotopic (exact) mass is 352 g/mol. The van der Waals surface area contributed by atoms with Crippen molar-refractivity contribution in [2.45, 2.75) is 13.5 Å². The van der Waals surface area contributed by atoms with Gasteiger partial charge in [-0.25, -0.2) is 0 Å². The predicted molar refractivity (Wildman–Crippen MR) is 82.6 cm³/mol. The summed E-state index contributed by atoms with van der Waals surface area (Å²) < 4.78 is 1.42. The molecule has 0 atom stereocenters. The van der Waals surface area contributed by atoms with Crippen LogP contribution in [0, 0.1) is 10.1 Å². The first kappa shape index (κ1) is 15.2. The molecule has 8 heteroatoms. The van der Waals surface area contributed by atoms with E-state index in [2.05, 4.69) is 26.2 Å². The Morgan fingerprint density at radius 1 is 1.48 bits per heavy atom. The van der Waals surface area contributed by atoms with Gasteiger partial charge in [0, 0.05) is 24.5 Å². The number of nitro groups is 1. The lowest BCUT2D eigenvalue weighted by molar-refractivity contribution is -0.385. The van der Waals surface area contributed by atoms with E-state index in [1.165, 1.54) is 16.8 Å². The van der Waals surface area contributed by atoms with E-state index in [0.29, 0.717) is 5.69 Å². The maximum Gasteiger partial charge on any atom is 0.286 e. The fourth-order valence-corrected chi connectivity index (χ4v) is 2.32. The number of nitrogens with zero attached hydrogens (tertiary/aromatic N) is 3. The average molecular weight is 353 g/mol. The molecule has 21 heavy (non-hydrogen) atoms. The number of nitrogens with one attached hydrogen (secondary N) is 1. The number of anilines is 1. The second-order valence-electron chi connectivity index (χ2n) is 4.30. The molecule has 0 spiro atoms. The molecule has 1 N–H and O–H groups in total. The Bertz CT molecular complexity index is 730. The zero-order valence-electron chi connectivity index (χ0n) is 11.2. The molecule has 0 amide bonds. The van der Waals surface area contributed by atoms with Crippen LogP contribution >= 0.6 is 15.9 Å². The number of rotatable bonds is 5. The van der Waals surface area contributed by atoms with E-state index in [9.17, 15) is 14.9 Å². The van der Waals surface area contributed by atoms with Gasteiger partial charge in [-0.05, 0) is 35.0 Å². The second-order valence-corrected chi connectivity index (χ2v) is 5.16. The summed E-state index contributed by atoms with van der Waals surface area (Å²) >= 11 is 3.05. The summed E-state index contributed by atoms with van der Waals surface area (Å²) in [4.78, 5) is 26.5. The zero-order chi connectivity index (χ0) is 15.4. The van der Waals surface area contributed by atoms with Crippen LogP contribution in [0.15, 0.2) is 39.9 Å². The van der Waals surface area contributed by atoms with Crippen molar-refractivity contribution in [3.63, 3.8) is 0 Å². The first-order valence-corrected chi connectivity index (χ1v) is 7.03. The third kappa shape index (κ3) is 3.66. The SMILES string of the molecule is CCNc1ccnc(Cn2cc([N+](=O)[O-])cc(Br)c2=O)c1. The van der Waals surface area contributed by atoms with Gasteiger partial charge in [0.2, 0.25) is 0 Å². The van der Waals surface area contributed by atoms with Crippen molar-refractivity contribution in [1.29, 1.82) is 0 Å². The molecule has 2 aromatic heterocycles. The molecule has 0 aliphatic rings. The highest BCUT2D eigenvalue weighted by atomic mass is 79.9. The quantitative estimate of drug-likeness (QED) is 0.659. The van der Waals surface area contributed by atoms with Gasteiger partial charge in [-0.15, -0.1) is 0 Å². The predicted octanol–water partition coefficient (Wildman–Crippen LogP) is 2.39. The minimum absolute atomic E-state index is 0.149. The van der Waals surface area contributed by atoms with Crippen molar-refractivity contribution in [3.8, 4) is 0 Å². The van der Waals surface area contributed by atoms with Crippen molar-refractivity contribution >= 4 is 27.3 Å². The van der Waals surface area contributed by atoms with Gasteiger partial charge >= 0.3 is 0 Å². The van der Waals surface area contributed by atoms with Gasteiger partial charge in [0.05, 0.1) is 27.8 Å². The van der Waals surface area contributed by atoms with E-state index in [1.807, 2.05) is 19.1 Å². The Labute approximate surface area is 128 Å². The lowest BCUT2D eigenvalue weighted by Crippen LogP contribution is -2.21. The minimum atomic E-state index is -0.539. The lowest BCUT2D eigenvalue weighted by Gasteiger charge is -2.08. The van der Waals surface area contributed by atoms with Crippen molar-refractivity contribution in [1.82, 2.24) is 9.55 Å². The Morgan fingerprint density at radius 3 is 2.90 bits per heavy atom. The lowest BCUT2D eigenvalue weighted by atomic mass is 10.3. The zero-order valence-corrected chi connectivity index (χ0v) is 12.8. The fourth-order valence-electron chi connectivity index (χ4n) is 1.85. The molecule has 2 aromatic rings. The van der Waals surface area contributed by atoms with Crippen LogP contribution in [0.5, 0.6) is 0 Å². The Kier molecular flexibility index (Phi) is 4.69. The molecule has 2 heterocycles. The number of aromatic nitrogens is 2. The molecule has 0 saturated carbocycles. The Morgan fingerprint density at radius 2 is 2.24 bits per heavy atom. The van der Waals surface area contributed by atoms with Crippen LogP contribution in [0.4, 0.5) is 11.4 Å². The highest BCUT2D eigenvalue weighted by Gasteiger charge is 2.13. The van der Waals surface area contributed by atoms with E-state index in [4.69, 9.17) is 0 Å². The molecule has 0 unspecified atom stereocenters. The van der Waals surface area contributed by atoms with Gasteiger partial charge < -0.3 is 9.88 Å². The molecule has 0 radical (unpaired) electrons. The third-order valence-electron chi connectivity index (χ3n) is 2.77. The highest BCUT2D eigenvalue weighted by Crippen LogP contribution is 2.15. The van der Waals surface area contributed by atoms with E-state index < -0.39 is 4.92 Å². The van der Waals surface area contributed by atoms with E-state index in [1.54, 1.807) is 6.20 Å². The maximum atomic E-state index is 12.0. The number of pyridine rings is 2. The van der Waals surface area contributed by atoms with Crippen molar-refractivity contribution < 1.29 is 4.92 Å². The van der Waals surface area contributed by atoms with Crippen molar-refractivity contribution in [2.24, 2.45) is 0 Å². The van der Waals surface area contributed by atoms with Crippen molar-refractivity contribution in [3.05, 3.63) is 61.2 Å². The molecule has 0 saturated heterocycles. The number of halogens is 1. The molecule has 0 aliphatic carbocycles. The largest absolute Gasteiger partial charge is 0.385 e. The number of hydrogen-bond donors (Lipinski definition) is 1. The van der Waals surface area contributed by atoms with Gasteiger partial charge in [-0.2, -0.15) is 0 Å². The van der Waals surface area contributed by atoms with Gasteiger partial charge in [-0.3, -0.25) is 19.9 Å². The Hall–Kier alpha value is -2.22. The Balaban J connectivity index is 2.37. The van der Waals surface area contributed by atoms with Gasteiger partial charge in [0.15, 0.2) is 0 Å². The van der Waals surface area contributed by atoms with E-state index >= 15 is 0 Å². The summed E-state index contributed by atoms with van der Waals surface area (Å²) in [7, 11) is 0. The molecule has 110 valence electrons. The normalized spacial score (nSPS) is 10.4. The van der Waals surface area contributed by atoms with Crippen LogP contribution in [0.1, 0.15) is 12.6 Å². The summed E-state index contributed by atoms with van der Waals surface area (Å²) in [6.45, 7) is 2.91. The second kappa shape index (κ2) is 6.49. The summed E-state index contributed by atoms with van der Waals surface area (Å²) in [6.07, 6.45) is 2.85. The maximum absolute atomic E-state index is 12.0. The standard InChI is InChI=1S/C13H13BrN4O3/c1-2-15-9-3-4-16-10(5-9)7-17-8-11(18(20)21)6-12(14)13(17)19/h3-6,8H,2,7H2,1H3,(H,15,16). The van der Waals surface area contributed by atoms with Crippen molar-refractivity contribution in [2.75, 3.05) is 11.9 Å². The van der Waals surface area contributed by atoms with Gasteiger partial charge in [0.1, 0.15) is 0 Å². The summed E-state index contributed by atoms with van der Waals surface area (Å²) in [5.41, 5.74) is 1.04. The van der Waals surface area contributed by atoms with E-state index in [0.717, 1.165) is 12.2 Å². The summed E-state index contributed by atoms with van der Waals surface area (Å²) in [6, 6.07) is 4.82. The van der Waals surface area contributed by atoms with Crippen LogP contribution < -0.4 is 10.9 Å². The third-order valence-corrected chi connectivity index (χ3v) is 3.34. The van der Waals surface area contributed by atoms with Crippen LogP contribution in [0.3, 0.4) is 0 Å². The fraction of sp³-hybridized carbons (Fsp3) is 0.231. The molecule has 2 rings (SSSR count). The van der Waals surface area contributed by atoms with Crippen LogP contribution in [0.2, 0.25) is 0 Å². The number of hydrogen-bond acceptors (Lipinski definition) is 5. The molecule has 0 aliphatic heterocycles. The molecular weight excluding hydrogens is 340 g/mol. The topological polar surface area (TPSA) is 90.1 Å². The molecule has 0 bridgehead atoms. The first-order chi connectivity index (χ1) is 10.0. The van der Waals surface area contributed by atoms with Crippen LogP contribution in [0.25, 0.3) is 0 Å². The highest BCUT2D eigenvalue weighted by molar-refractivity contribution is 9.10. The average Bonchev–Trinajstić information content (AvgIpc) is 2.44.